The smallest absolute Gasteiger partial charge is 0.330 e. The highest BCUT2D eigenvalue weighted by atomic mass is 79.9. The van der Waals surface area contributed by atoms with Gasteiger partial charge in [-0.25, -0.2) is 10.3 Å². The molecular formula is C8H15BrN2O4. The maximum absolute atomic E-state index is 11.1. The molecule has 0 spiro atoms. The first-order valence-electron chi connectivity index (χ1n) is 4.54. The molecule has 0 heterocycles. The zero-order chi connectivity index (χ0) is 11.7. The fourth-order valence-electron chi connectivity index (χ4n) is 0.901. The van der Waals surface area contributed by atoms with Crippen LogP contribution in [-0.4, -0.2) is 35.1 Å². The van der Waals surface area contributed by atoms with Crippen molar-refractivity contribution in [2.24, 2.45) is 5.73 Å². The van der Waals surface area contributed by atoms with Gasteiger partial charge in [0.1, 0.15) is 11.4 Å². The maximum Gasteiger partial charge on any atom is 0.330 e. The van der Waals surface area contributed by atoms with Gasteiger partial charge in [0.25, 0.3) is 0 Å². The highest BCUT2D eigenvalue weighted by Crippen LogP contribution is 2.01. The molecule has 0 aromatic rings. The molecule has 0 aromatic carbocycles. The van der Waals surface area contributed by atoms with Crippen LogP contribution in [0.2, 0.25) is 0 Å². The van der Waals surface area contributed by atoms with Gasteiger partial charge in [0.05, 0.1) is 0 Å². The van der Waals surface area contributed by atoms with Crippen LogP contribution in [0.15, 0.2) is 0 Å². The van der Waals surface area contributed by atoms with Gasteiger partial charge in [0.2, 0.25) is 0 Å². The molecule has 0 saturated carbocycles. The van der Waals surface area contributed by atoms with Crippen LogP contribution in [0.4, 0.5) is 0 Å². The summed E-state index contributed by atoms with van der Waals surface area (Å²) in [5, 5.41) is 8.24. The Morgan fingerprint density at radius 3 is 2.67 bits per heavy atom. The average molecular weight is 283 g/mol. The van der Waals surface area contributed by atoms with Gasteiger partial charge in [-0.3, -0.25) is 4.79 Å². The van der Waals surface area contributed by atoms with Crippen molar-refractivity contribution in [3.63, 3.8) is 0 Å². The Kier molecular flexibility index (Phi) is 8.49. The Morgan fingerprint density at radius 1 is 1.47 bits per heavy atom. The summed E-state index contributed by atoms with van der Waals surface area (Å²) in [6, 6.07) is -0.785. The molecule has 0 unspecified atom stereocenters. The Bertz CT molecular complexity index is 213. The molecule has 6 nitrogen and oxygen atoms in total. The molecule has 0 radical (unpaired) electrons. The summed E-state index contributed by atoms with van der Waals surface area (Å²) in [6.45, 7) is 0.447. The molecular weight excluding hydrogens is 268 g/mol. The summed E-state index contributed by atoms with van der Waals surface area (Å²) in [6.07, 6.45) is 1.80. The molecule has 0 fully saturated rings. The normalized spacial score (nSPS) is 12.2. The third kappa shape index (κ3) is 7.43. The number of rotatable bonds is 7. The van der Waals surface area contributed by atoms with Gasteiger partial charge in [-0.15, -0.1) is 0 Å². The minimum Gasteiger partial charge on any atom is -0.391 e. The molecule has 0 amide bonds. The summed E-state index contributed by atoms with van der Waals surface area (Å²) >= 11 is 2.86. The molecule has 7 heteroatoms. The Balaban J connectivity index is 3.64. The Labute approximate surface area is 96.2 Å². The van der Waals surface area contributed by atoms with Crippen LogP contribution in [0, 0.1) is 0 Å². The van der Waals surface area contributed by atoms with E-state index in [9.17, 15) is 9.59 Å². The molecule has 0 saturated heterocycles. The predicted octanol–water partition coefficient (Wildman–Crippen LogP) is -0.0725. The first-order valence-corrected chi connectivity index (χ1v) is 5.67. The second-order valence-corrected chi connectivity index (χ2v) is 3.50. The SMILES string of the molecule is N[C@@H](CCCCNO)C(=O)OC(=O)CBr. The fraction of sp³-hybridized carbons (Fsp3) is 0.750. The number of nitrogens with one attached hydrogen (secondary N) is 1. The molecule has 0 bridgehead atoms. The number of carbonyl (C=O) groups is 2. The molecule has 0 aromatic heterocycles. The molecule has 15 heavy (non-hydrogen) atoms. The van der Waals surface area contributed by atoms with E-state index in [1.165, 1.54) is 0 Å². The Morgan fingerprint density at radius 2 is 2.13 bits per heavy atom. The zero-order valence-electron chi connectivity index (χ0n) is 8.24. The van der Waals surface area contributed by atoms with Gasteiger partial charge < -0.3 is 15.7 Å². The van der Waals surface area contributed by atoms with Crippen molar-refractivity contribution >= 4 is 27.9 Å². The lowest BCUT2D eigenvalue weighted by Crippen LogP contribution is -2.34. The van der Waals surface area contributed by atoms with Crippen molar-refractivity contribution in [3.8, 4) is 0 Å². The van der Waals surface area contributed by atoms with Crippen LogP contribution in [-0.2, 0) is 14.3 Å². The van der Waals surface area contributed by atoms with Crippen LogP contribution in [0.3, 0.4) is 0 Å². The third-order valence-corrected chi connectivity index (χ3v) is 2.14. The molecule has 88 valence electrons. The van der Waals surface area contributed by atoms with Crippen molar-refractivity contribution < 1.29 is 19.5 Å². The number of carbonyl (C=O) groups excluding carboxylic acids is 2. The van der Waals surface area contributed by atoms with Gasteiger partial charge in [-0.05, 0) is 19.3 Å². The van der Waals surface area contributed by atoms with Crippen LogP contribution >= 0.6 is 15.9 Å². The molecule has 0 rings (SSSR count). The number of esters is 2. The van der Waals surface area contributed by atoms with Crippen molar-refractivity contribution in [3.05, 3.63) is 0 Å². The number of hydroxylamine groups is 1. The lowest BCUT2D eigenvalue weighted by atomic mass is 10.1. The van der Waals surface area contributed by atoms with E-state index in [4.69, 9.17) is 10.9 Å². The van der Waals surface area contributed by atoms with E-state index in [1.807, 2.05) is 5.48 Å². The van der Waals surface area contributed by atoms with Crippen LogP contribution in [0.1, 0.15) is 19.3 Å². The monoisotopic (exact) mass is 282 g/mol. The minimum atomic E-state index is -0.785. The second-order valence-electron chi connectivity index (χ2n) is 2.94. The quantitative estimate of drug-likeness (QED) is 0.199. The molecule has 0 aliphatic rings. The minimum absolute atomic E-state index is 0.0279. The van der Waals surface area contributed by atoms with Gasteiger partial charge in [-0.1, -0.05) is 15.9 Å². The summed E-state index contributed by atoms with van der Waals surface area (Å²) in [7, 11) is 0. The number of hydrogen-bond donors (Lipinski definition) is 3. The lowest BCUT2D eigenvalue weighted by Gasteiger charge is -2.09. The molecule has 4 N–H and O–H groups in total. The number of ether oxygens (including phenoxy) is 1. The van der Waals surface area contributed by atoms with Gasteiger partial charge in [-0.2, -0.15) is 0 Å². The number of unbranched alkanes of at least 4 members (excludes halogenated alkanes) is 1. The van der Waals surface area contributed by atoms with Gasteiger partial charge in [0.15, 0.2) is 0 Å². The summed E-state index contributed by atoms with van der Waals surface area (Å²) < 4.78 is 4.40. The van der Waals surface area contributed by atoms with Crippen molar-refractivity contribution in [2.75, 3.05) is 11.9 Å². The average Bonchev–Trinajstić information content (AvgIpc) is 2.23. The second kappa shape index (κ2) is 8.78. The first-order chi connectivity index (χ1) is 7.11. The van der Waals surface area contributed by atoms with Crippen molar-refractivity contribution in [1.29, 1.82) is 0 Å². The topological polar surface area (TPSA) is 102 Å². The standard InChI is InChI=1S/C8H15BrN2O4/c9-5-7(12)15-8(13)6(10)3-1-2-4-11-14/h6,11,14H,1-5,10H2/t6-/m0/s1. The summed E-state index contributed by atoms with van der Waals surface area (Å²) in [5.41, 5.74) is 7.47. The highest BCUT2D eigenvalue weighted by Gasteiger charge is 2.17. The van der Waals surface area contributed by atoms with E-state index >= 15 is 0 Å². The van der Waals surface area contributed by atoms with Crippen molar-refractivity contribution in [2.45, 2.75) is 25.3 Å². The first kappa shape index (κ1) is 14.5. The lowest BCUT2D eigenvalue weighted by molar-refractivity contribution is -0.158. The Hall–Kier alpha value is -0.500. The van der Waals surface area contributed by atoms with E-state index in [0.717, 1.165) is 0 Å². The third-order valence-electron chi connectivity index (χ3n) is 1.68. The predicted molar refractivity (Wildman–Crippen MR) is 56.5 cm³/mol. The highest BCUT2D eigenvalue weighted by molar-refractivity contribution is 9.09. The zero-order valence-corrected chi connectivity index (χ0v) is 9.83. The summed E-state index contributed by atoms with van der Waals surface area (Å²) in [4.78, 5) is 21.8. The van der Waals surface area contributed by atoms with E-state index in [2.05, 4.69) is 20.7 Å². The van der Waals surface area contributed by atoms with E-state index < -0.39 is 18.0 Å². The molecule has 0 aliphatic heterocycles. The summed E-state index contributed by atoms with van der Waals surface area (Å²) in [5.74, 6) is -1.36. The number of halogens is 1. The van der Waals surface area contributed by atoms with Crippen molar-refractivity contribution in [1.82, 2.24) is 5.48 Å². The number of nitrogens with two attached hydrogens (primary N) is 1. The van der Waals surface area contributed by atoms with E-state index in [1.54, 1.807) is 0 Å². The van der Waals surface area contributed by atoms with E-state index in [0.29, 0.717) is 25.8 Å². The number of hydrogen-bond acceptors (Lipinski definition) is 6. The van der Waals surface area contributed by atoms with Gasteiger partial charge in [0, 0.05) is 6.54 Å². The van der Waals surface area contributed by atoms with Crippen LogP contribution < -0.4 is 11.2 Å². The molecule has 0 aliphatic carbocycles. The maximum atomic E-state index is 11.1. The van der Waals surface area contributed by atoms with E-state index in [-0.39, 0.29) is 5.33 Å². The fourth-order valence-corrected chi connectivity index (χ4v) is 1.02. The largest absolute Gasteiger partial charge is 0.391 e. The van der Waals surface area contributed by atoms with Crippen LogP contribution in [0.25, 0.3) is 0 Å². The molecule has 1 atom stereocenters. The van der Waals surface area contributed by atoms with Gasteiger partial charge >= 0.3 is 11.9 Å². The number of alkyl halides is 1. The van der Waals surface area contributed by atoms with Crippen LogP contribution in [0.5, 0.6) is 0 Å².